The van der Waals surface area contributed by atoms with Gasteiger partial charge >= 0.3 is 0 Å². The van der Waals surface area contributed by atoms with E-state index in [4.69, 9.17) is 11.6 Å². The van der Waals surface area contributed by atoms with Gasteiger partial charge in [0, 0.05) is 48.9 Å². The summed E-state index contributed by atoms with van der Waals surface area (Å²) in [6.45, 7) is 6.36. The highest BCUT2D eigenvalue weighted by Crippen LogP contribution is 2.26. The summed E-state index contributed by atoms with van der Waals surface area (Å²) >= 11 is 5.96. The number of rotatable bonds is 4. The summed E-state index contributed by atoms with van der Waals surface area (Å²) in [5, 5.41) is 9.77. The van der Waals surface area contributed by atoms with Crippen molar-refractivity contribution >= 4 is 29.3 Å². The first kappa shape index (κ1) is 22.6. The van der Waals surface area contributed by atoms with Gasteiger partial charge in [-0.25, -0.2) is 4.39 Å². The van der Waals surface area contributed by atoms with E-state index in [9.17, 15) is 14.4 Å². The maximum atomic E-state index is 13.6. The number of carbonyl (C=O) groups is 1. The Morgan fingerprint density at radius 2 is 1.73 bits per heavy atom. The van der Waals surface area contributed by atoms with Crippen LogP contribution in [0.15, 0.2) is 60.2 Å². The number of nitrogens with zero attached hydrogens (tertiary/aromatic N) is 4. The molecule has 33 heavy (non-hydrogen) atoms. The lowest BCUT2D eigenvalue weighted by atomic mass is 10.1. The Kier molecular flexibility index (Phi) is 6.52. The van der Waals surface area contributed by atoms with Crippen molar-refractivity contribution in [1.29, 1.82) is 5.26 Å². The van der Waals surface area contributed by atoms with Crippen molar-refractivity contribution in [3.63, 3.8) is 0 Å². The quantitative estimate of drug-likeness (QED) is 0.398. The Labute approximate surface area is 197 Å². The standard InChI is InChI=1S/C26H24ClFN4O/c1-18-14-20(19(2)32(18)23-8-9-25(28)24(27)16-23)15-21(17-29)26(33)31-12-10-30(11-13-31)22-6-4-3-5-7-22/h3-9,14-16H,10-13H2,1-2H3/b21-15-. The summed E-state index contributed by atoms with van der Waals surface area (Å²) in [5.41, 5.74) is 4.44. The zero-order valence-corrected chi connectivity index (χ0v) is 19.3. The number of anilines is 1. The van der Waals surface area contributed by atoms with E-state index in [2.05, 4.69) is 23.1 Å². The van der Waals surface area contributed by atoms with E-state index >= 15 is 0 Å². The Bertz CT molecular complexity index is 1250. The van der Waals surface area contributed by atoms with E-state index in [-0.39, 0.29) is 16.5 Å². The second-order valence-electron chi connectivity index (χ2n) is 8.04. The molecule has 1 fully saturated rings. The first-order valence-corrected chi connectivity index (χ1v) is 11.1. The Balaban J connectivity index is 1.54. The number of nitriles is 1. The van der Waals surface area contributed by atoms with Gasteiger partial charge in [0.2, 0.25) is 0 Å². The number of piperazine rings is 1. The minimum Gasteiger partial charge on any atom is -0.368 e. The molecule has 1 aliphatic rings. The van der Waals surface area contributed by atoms with Crippen LogP contribution < -0.4 is 4.90 Å². The zero-order valence-electron chi connectivity index (χ0n) is 18.6. The molecule has 0 N–H and O–H groups in total. The molecule has 0 saturated carbocycles. The minimum atomic E-state index is -0.479. The highest BCUT2D eigenvalue weighted by Gasteiger charge is 2.24. The second kappa shape index (κ2) is 9.51. The molecule has 0 radical (unpaired) electrons. The molecular formula is C26H24ClFN4O. The molecule has 0 aliphatic carbocycles. The molecule has 2 heterocycles. The van der Waals surface area contributed by atoms with Crippen molar-refractivity contribution in [2.45, 2.75) is 13.8 Å². The van der Waals surface area contributed by atoms with Gasteiger partial charge in [-0.2, -0.15) is 5.26 Å². The largest absolute Gasteiger partial charge is 0.368 e. The van der Waals surface area contributed by atoms with Gasteiger partial charge in [0.15, 0.2) is 0 Å². The molecular weight excluding hydrogens is 439 g/mol. The fraction of sp³-hybridized carbons (Fsp3) is 0.231. The third kappa shape index (κ3) is 4.64. The Morgan fingerprint density at radius 1 is 1.03 bits per heavy atom. The average molecular weight is 463 g/mol. The van der Waals surface area contributed by atoms with Gasteiger partial charge in [0.1, 0.15) is 17.5 Å². The fourth-order valence-corrected chi connectivity index (χ4v) is 4.40. The summed E-state index contributed by atoms with van der Waals surface area (Å²) in [4.78, 5) is 17.0. The molecule has 168 valence electrons. The van der Waals surface area contributed by atoms with E-state index in [1.54, 1.807) is 23.1 Å². The predicted octanol–water partition coefficient (Wildman–Crippen LogP) is 5.14. The number of aromatic nitrogens is 1. The number of para-hydroxylation sites is 1. The van der Waals surface area contributed by atoms with Crippen LogP contribution in [0.5, 0.6) is 0 Å². The Morgan fingerprint density at radius 3 is 2.36 bits per heavy atom. The molecule has 0 bridgehead atoms. The number of hydrogen-bond donors (Lipinski definition) is 0. The summed E-state index contributed by atoms with van der Waals surface area (Å²) in [6.07, 6.45) is 1.63. The van der Waals surface area contributed by atoms with Crippen LogP contribution in [0.2, 0.25) is 5.02 Å². The average Bonchev–Trinajstić information content (AvgIpc) is 3.12. The number of amides is 1. The van der Waals surface area contributed by atoms with Crippen LogP contribution in [0.25, 0.3) is 11.8 Å². The zero-order chi connectivity index (χ0) is 23.5. The third-order valence-corrected chi connectivity index (χ3v) is 6.26. The van der Waals surface area contributed by atoms with Crippen LogP contribution in [-0.4, -0.2) is 41.6 Å². The van der Waals surface area contributed by atoms with Crippen molar-refractivity contribution in [3.8, 4) is 11.8 Å². The smallest absolute Gasteiger partial charge is 0.264 e. The van der Waals surface area contributed by atoms with Crippen LogP contribution in [0.4, 0.5) is 10.1 Å². The van der Waals surface area contributed by atoms with E-state index in [0.29, 0.717) is 26.2 Å². The minimum absolute atomic E-state index is 0.0413. The van der Waals surface area contributed by atoms with Gasteiger partial charge < -0.3 is 14.4 Å². The van der Waals surface area contributed by atoms with E-state index in [1.807, 2.05) is 42.7 Å². The lowest BCUT2D eigenvalue weighted by Gasteiger charge is -2.36. The highest BCUT2D eigenvalue weighted by atomic mass is 35.5. The molecule has 1 saturated heterocycles. The van der Waals surface area contributed by atoms with Gasteiger partial charge in [-0.05, 0) is 61.9 Å². The van der Waals surface area contributed by atoms with Crippen LogP contribution in [0.3, 0.4) is 0 Å². The first-order valence-electron chi connectivity index (χ1n) is 10.7. The maximum Gasteiger partial charge on any atom is 0.264 e. The molecule has 4 rings (SSSR count). The molecule has 5 nitrogen and oxygen atoms in total. The highest BCUT2D eigenvalue weighted by molar-refractivity contribution is 6.30. The van der Waals surface area contributed by atoms with E-state index in [0.717, 1.165) is 28.3 Å². The monoisotopic (exact) mass is 462 g/mol. The SMILES string of the molecule is Cc1cc(/C=C(/C#N)C(=O)N2CCN(c3ccccc3)CC2)c(C)n1-c1ccc(F)c(Cl)c1. The van der Waals surface area contributed by atoms with Crippen LogP contribution in [0.1, 0.15) is 17.0 Å². The van der Waals surface area contributed by atoms with Crippen molar-refractivity contribution in [2.24, 2.45) is 0 Å². The molecule has 1 amide bonds. The van der Waals surface area contributed by atoms with Gasteiger partial charge in [0.25, 0.3) is 5.91 Å². The number of benzene rings is 2. The van der Waals surface area contributed by atoms with Gasteiger partial charge in [-0.15, -0.1) is 0 Å². The van der Waals surface area contributed by atoms with Crippen molar-refractivity contribution in [2.75, 3.05) is 31.1 Å². The van der Waals surface area contributed by atoms with Gasteiger partial charge in [0.05, 0.1) is 5.02 Å². The molecule has 0 spiro atoms. The van der Waals surface area contributed by atoms with E-state index < -0.39 is 5.82 Å². The topological polar surface area (TPSA) is 52.3 Å². The lowest BCUT2D eigenvalue weighted by molar-refractivity contribution is -0.126. The molecule has 7 heteroatoms. The number of hydrogen-bond acceptors (Lipinski definition) is 3. The van der Waals surface area contributed by atoms with Crippen LogP contribution in [0, 0.1) is 31.0 Å². The number of aryl methyl sites for hydroxylation is 1. The maximum absolute atomic E-state index is 13.6. The number of halogens is 2. The second-order valence-corrected chi connectivity index (χ2v) is 8.45. The van der Waals surface area contributed by atoms with Crippen molar-refractivity contribution in [1.82, 2.24) is 9.47 Å². The molecule has 1 aromatic heterocycles. The molecule has 2 aromatic carbocycles. The van der Waals surface area contributed by atoms with Gasteiger partial charge in [-0.3, -0.25) is 4.79 Å². The molecule has 0 atom stereocenters. The van der Waals surface area contributed by atoms with Crippen molar-refractivity contribution in [3.05, 3.63) is 88.0 Å². The van der Waals surface area contributed by atoms with Crippen LogP contribution in [-0.2, 0) is 4.79 Å². The molecule has 1 aliphatic heterocycles. The Hall–Kier alpha value is -3.56. The lowest BCUT2D eigenvalue weighted by Crippen LogP contribution is -2.49. The molecule has 3 aromatic rings. The number of carbonyl (C=O) groups excluding carboxylic acids is 1. The summed E-state index contributed by atoms with van der Waals surface area (Å²) in [6, 6.07) is 18.6. The van der Waals surface area contributed by atoms with Crippen LogP contribution >= 0.6 is 11.6 Å². The normalized spacial score (nSPS) is 14.3. The third-order valence-electron chi connectivity index (χ3n) is 5.97. The van der Waals surface area contributed by atoms with E-state index in [1.165, 1.54) is 6.07 Å². The summed E-state index contributed by atoms with van der Waals surface area (Å²) in [5.74, 6) is -0.743. The fourth-order valence-electron chi connectivity index (χ4n) is 4.23. The predicted molar refractivity (Wildman–Crippen MR) is 129 cm³/mol. The first-order chi connectivity index (χ1) is 15.9. The summed E-state index contributed by atoms with van der Waals surface area (Å²) in [7, 11) is 0. The van der Waals surface area contributed by atoms with Crippen molar-refractivity contribution < 1.29 is 9.18 Å². The molecule has 0 unspecified atom stereocenters. The summed E-state index contributed by atoms with van der Waals surface area (Å²) < 4.78 is 15.5. The van der Waals surface area contributed by atoms with Gasteiger partial charge in [-0.1, -0.05) is 29.8 Å².